The molecule has 1 aromatic rings. The first-order valence-corrected chi connectivity index (χ1v) is 8.11. The third-order valence-electron chi connectivity index (χ3n) is 5.43. The summed E-state index contributed by atoms with van der Waals surface area (Å²) in [5, 5.41) is 0. The van der Waals surface area contributed by atoms with Crippen LogP contribution in [0.1, 0.15) is 73.2 Å². The maximum absolute atomic E-state index is 13.1. The Kier molecular flexibility index (Phi) is 3.93. The van der Waals surface area contributed by atoms with Crippen LogP contribution < -0.4 is 5.73 Å². The third kappa shape index (κ3) is 2.31. The highest BCUT2D eigenvalue weighted by Crippen LogP contribution is 2.42. The highest BCUT2D eigenvalue weighted by atomic mass is 16.1. The van der Waals surface area contributed by atoms with Gasteiger partial charge in [0.2, 0.25) is 0 Å². The number of rotatable bonds is 4. The molecule has 2 aliphatic rings. The molecule has 0 aromatic heterocycles. The molecule has 0 spiro atoms. The average Bonchev–Trinajstić information content (AvgIpc) is 2.46. The van der Waals surface area contributed by atoms with Crippen molar-refractivity contribution in [1.82, 2.24) is 0 Å². The fraction of sp³-hybridized carbons (Fsp3) is 0.611. The van der Waals surface area contributed by atoms with Crippen molar-refractivity contribution < 1.29 is 4.79 Å². The largest absolute Gasteiger partial charge is 0.329 e. The number of hydrogen-bond acceptors (Lipinski definition) is 2. The van der Waals surface area contributed by atoms with Crippen LogP contribution in [0.4, 0.5) is 0 Å². The van der Waals surface area contributed by atoms with Gasteiger partial charge in [-0.1, -0.05) is 49.9 Å². The van der Waals surface area contributed by atoms with Gasteiger partial charge in [0, 0.05) is 17.5 Å². The summed E-state index contributed by atoms with van der Waals surface area (Å²) in [6.45, 7) is 0.505. The molecule has 2 fully saturated rings. The third-order valence-corrected chi connectivity index (χ3v) is 5.43. The van der Waals surface area contributed by atoms with Gasteiger partial charge in [0.15, 0.2) is 5.78 Å². The number of ketones is 1. The van der Waals surface area contributed by atoms with Crippen LogP contribution in [0.15, 0.2) is 24.3 Å². The Morgan fingerprint density at radius 2 is 1.80 bits per heavy atom. The van der Waals surface area contributed by atoms with Crippen molar-refractivity contribution >= 4 is 5.78 Å². The quantitative estimate of drug-likeness (QED) is 0.840. The zero-order chi connectivity index (χ0) is 14.0. The van der Waals surface area contributed by atoms with Gasteiger partial charge in [-0.15, -0.1) is 0 Å². The molecule has 20 heavy (non-hydrogen) atoms. The average molecular weight is 271 g/mol. The molecule has 1 aromatic carbocycles. The topological polar surface area (TPSA) is 43.1 Å². The number of benzene rings is 1. The van der Waals surface area contributed by atoms with E-state index >= 15 is 0 Å². The number of hydrogen-bond donors (Lipinski definition) is 1. The van der Waals surface area contributed by atoms with Gasteiger partial charge in [0.25, 0.3) is 0 Å². The van der Waals surface area contributed by atoms with E-state index in [1.54, 1.807) is 0 Å². The van der Waals surface area contributed by atoms with E-state index in [9.17, 15) is 4.79 Å². The SMILES string of the molecule is NCC1(C(=O)c2ccccc2C2CCC2)CCCCC1. The molecule has 2 nitrogen and oxygen atoms in total. The minimum Gasteiger partial charge on any atom is -0.329 e. The monoisotopic (exact) mass is 271 g/mol. The number of carbonyl (C=O) groups excluding carboxylic acids is 1. The Hall–Kier alpha value is -1.15. The van der Waals surface area contributed by atoms with Crippen LogP contribution in [0.2, 0.25) is 0 Å². The van der Waals surface area contributed by atoms with E-state index in [0.717, 1.165) is 31.2 Å². The van der Waals surface area contributed by atoms with E-state index in [0.29, 0.717) is 18.2 Å². The molecule has 2 aliphatic carbocycles. The molecule has 0 atom stereocenters. The Bertz CT molecular complexity index is 484. The second-order valence-corrected chi connectivity index (χ2v) is 6.59. The van der Waals surface area contributed by atoms with Crippen molar-refractivity contribution in [3.8, 4) is 0 Å². The predicted octanol–water partition coefficient (Wildman–Crippen LogP) is 4.05. The summed E-state index contributed by atoms with van der Waals surface area (Å²) in [7, 11) is 0. The van der Waals surface area contributed by atoms with E-state index in [1.165, 1.54) is 31.2 Å². The summed E-state index contributed by atoms with van der Waals surface area (Å²) < 4.78 is 0. The van der Waals surface area contributed by atoms with Crippen LogP contribution in [0.3, 0.4) is 0 Å². The first kappa shape index (κ1) is 13.8. The molecule has 0 amide bonds. The van der Waals surface area contributed by atoms with Crippen LogP contribution in [0.25, 0.3) is 0 Å². The second kappa shape index (κ2) is 5.69. The lowest BCUT2D eigenvalue weighted by Gasteiger charge is -2.36. The Morgan fingerprint density at radius 1 is 1.10 bits per heavy atom. The summed E-state index contributed by atoms with van der Waals surface area (Å²) in [5.41, 5.74) is 7.99. The lowest BCUT2D eigenvalue weighted by Crippen LogP contribution is -2.41. The molecule has 0 saturated heterocycles. The molecule has 0 bridgehead atoms. The van der Waals surface area contributed by atoms with Gasteiger partial charge < -0.3 is 5.73 Å². The van der Waals surface area contributed by atoms with Gasteiger partial charge in [-0.25, -0.2) is 0 Å². The predicted molar refractivity (Wildman–Crippen MR) is 81.9 cm³/mol. The van der Waals surface area contributed by atoms with Crippen LogP contribution in [-0.2, 0) is 0 Å². The summed E-state index contributed by atoms with van der Waals surface area (Å²) in [4.78, 5) is 13.1. The van der Waals surface area contributed by atoms with Crippen molar-refractivity contribution in [3.05, 3.63) is 35.4 Å². The van der Waals surface area contributed by atoms with Gasteiger partial charge >= 0.3 is 0 Å². The lowest BCUT2D eigenvalue weighted by atomic mass is 9.67. The molecule has 2 heteroatoms. The van der Waals surface area contributed by atoms with Gasteiger partial charge in [-0.05, 0) is 37.2 Å². The first-order chi connectivity index (χ1) is 9.77. The normalized spacial score (nSPS) is 22.2. The standard InChI is InChI=1S/C18H25NO/c19-13-18(11-4-1-5-12-18)17(20)16-10-3-2-9-15(16)14-7-6-8-14/h2-3,9-10,14H,1,4-8,11-13,19H2. The van der Waals surface area contributed by atoms with Gasteiger partial charge in [-0.3, -0.25) is 4.79 Å². The molecule has 108 valence electrons. The second-order valence-electron chi connectivity index (χ2n) is 6.59. The number of Topliss-reactive ketones (excluding diaryl/α,β-unsaturated/α-hetero) is 1. The van der Waals surface area contributed by atoms with Crippen molar-refractivity contribution in [2.75, 3.05) is 6.54 Å². The Labute approximate surface area is 121 Å². The fourth-order valence-electron chi connectivity index (χ4n) is 3.82. The van der Waals surface area contributed by atoms with Crippen molar-refractivity contribution in [2.24, 2.45) is 11.1 Å². The molecule has 0 unspecified atom stereocenters. The van der Waals surface area contributed by atoms with Gasteiger partial charge in [0.05, 0.1) is 0 Å². The highest BCUT2D eigenvalue weighted by molar-refractivity contribution is 6.02. The fourth-order valence-corrected chi connectivity index (χ4v) is 3.82. The summed E-state index contributed by atoms with van der Waals surface area (Å²) in [6.07, 6.45) is 9.26. The molecule has 0 aliphatic heterocycles. The van der Waals surface area contributed by atoms with E-state index in [2.05, 4.69) is 12.1 Å². The van der Waals surface area contributed by atoms with Crippen LogP contribution in [-0.4, -0.2) is 12.3 Å². The number of nitrogens with two attached hydrogens (primary N) is 1. The molecule has 2 N–H and O–H groups in total. The summed E-state index contributed by atoms with van der Waals surface area (Å²) >= 11 is 0. The minimum atomic E-state index is -0.280. The van der Waals surface area contributed by atoms with Crippen LogP contribution >= 0.6 is 0 Å². The summed E-state index contributed by atoms with van der Waals surface area (Å²) in [6, 6.07) is 8.26. The zero-order valence-electron chi connectivity index (χ0n) is 12.2. The van der Waals surface area contributed by atoms with E-state index < -0.39 is 0 Å². The molecule has 0 radical (unpaired) electrons. The zero-order valence-corrected chi connectivity index (χ0v) is 12.2. The van der Waals surface area contributed by atoms with Crippen molar-refractivity contribution in [2.45, 2.75) is 57.3 Å². The van der Waals surface area contributed by atoms with Crippen LogP contribution in [0, 0.1) is 5.41 Å². The van der Waals surface area contributed by atoms with Crippen molar-refractivity contribution in [1.29, 1.82) is 0 Å². The molecule has 2 saturated carbocycles. The van der Waals surface area contributed by atoms with Gasteiger partial charge in [0.1, 0.15) is 0 Å². The number of carbonyl (C=O) groups is 1. The van der Waals surface area contributed by atoms with Crippen LogP contribution in [0.5, 0.6) is 0 Å². The Balaban J connectivity index is 1.93. The lowest BCUT2D eigenvalue weighted by molar-refractivity contribution is 0.0727. The smallest absolute Gasteiger partial charge is 0.170 e. The van der Waals surface area contributed by atoms with Gasteiger partial charge in [-0.2, -0.15) is 0 Å². The molecule has 3 rings (SSSR count). The molecule has 0 heterocycles. The first-order valence-electron chi connectivity index (χ1n) is 8.11. The van der Waals surface area contributed by atoms with E-state index in [1.807, 2.05) is 12.1 Å². The van der Waals surface area contributed by atoms with E-state index in [-0.39, 0.29) is 5.41 Å². The van der Waals surface area contributed by atoms with Crippen molar-refractivity contribution in [3.63, 3.8) is 0 Å². The maximum Gasteiger partial charge on any atom is 0.170 e. The van der Waals surface area contributed by atoms with E-state index in [4.69, 9.17) is 5.73 Å². The minimum absolute atomic E-state index is 0.280. The molecular formula is C18H25NO. The summed E-state index contributed by atoms with van der Waals surface area (Å²) in [5.74, 6) is 0.927. The molecular weight excluding hydrogens is 246 g/mol. The Morgan fingerprint density at radius 3 is 2.40 bits per heavy atom. The maximum atomic E-state index is 13.1. The highest BCUT2D eigenvalue weighted by Gasteiger charge is 2.40.